The Morgan fingerprint density at radius 1 is 0.556 bits per heavy atom. The van der Waals surface area contributed by atoms with E-state index >= 15 is 0 Å². The maximum atomic E-state index is 13.8. The summed E-state index contributed by atoms with van der Waals surface area (Å²) in [6.07, 6.45) is 0. The van der Waals surface area contributed by atoms with E-state index in [1.54, 1.807) is 0 Å². The first-order valence-electron chi connectivity index (χ1n) is 5.23. The second kappa shape index (κ2) is 3.70. The zero-order chi connectivity index (χ0) is 12.9. The highest BCUT2D eigenvalue weighted by Gasteiger charge is 2.12. The molecule has 0 saturated heterocycles. The third-order valence-electron chi connectivity index (χ3n) is 2.86. The van der Waals surface area contributed by atoms with Gasteiger partial charge in [-0.3, -0.25) is 0 Å². The number of halogens is 4. The van der Waals surface area contributed by atoms with Crippen LogP contribution in [0.1, 0.15) is 0 Å². The maximum absolute atomic E-state index is 13.8. The minimum Gasteiger partial charge on any atom is -0.207 e. The molecule has 3 aromatic rings. The zero-order valence-electron chi connectivity index (χ0n) is 8.98. The lowest BCUT2D eigenvalue weighted by Crippen LogP contribution is -1.89. The van der Waals surface area contributed by atoms with E-state index in [9.17, 15) is 17.6 Å². The third kappa shape index (κ3) is 1.53. The number of fused-ring (bicyclic) bond motifs is 3. The molecule has 0 nitrogen and oxygen atoms in total. The summed E-state index contributed by atoms with van der Waals surface area (Å²) in [5.74, 6) is -3.19. The van der Waals surface area contributed by atoms with Crippen molar-refractivity contribution >= 4 is 21.5 Å². The summed E-state index contributed by atoms with van der Waals surface area (Å²) in [6.45, 7) is 0. The Morgan fingerprint density at radius 3 is 1.33 bits per heavy atom. The van der Waals surface area contributed by atoms with Crippen LogP contribution in [-0.4, -0.2) is 0 Å². The molecule has 18 heavy (non-hydrogen) atoms. The van der Waals surface area contributed by atoms with Crippen LogP contribution in [0.15, 0.2) is 36.4 Å². The van der Waals surface area contributed by atoms with Crippen molar-refractivity contribution in [3.63, 3.8) is 0 Å². The van der Waals surface area contributed by atoms with E-state index in [4.69, 9.17) is 0 Å². The highest BCUT2D eigenvalue weighted by Crippen LogP contribution is 2.31. The highest BCUT2D eigenvalue weighted by molar-refractivity contribution is 6.08. The van der Waals surface area contributed by atoms with Crippen molar-refractivity contribution in [2.75, 3.05) is 0 Å². The first-order valence-corrected chi connectivity index (χ1v) is 5.23. The molecule has 0 radical (unpaired) electrons. The predicted octanol–water partition coefficient (Wildman–Crippen LogP) is 4.55. The smallest absolute Gasteiger partial charge is 0.134 e. The number of benzene rings is 3. The molecule has 3 aromatic carbocycles. The van der Waals surface area contributed by atoms with Crippen LogP contribution < -0.4 is 0 Å². The first-order chi connectivity index (χ1) is 8.56. The molecule has 0 aliphatic carbocycles. The van der Waals surface area contributed by atoms with Gasteiger partial charge >= 0.3 is 0 Å². The minimum atomic E-state index is -0.860. The fourth-order valence-electron chi connectivity index (χ4n) is 2.16. The molecule has 0 unspecified atom stereocenters. The van der Waals surface area contributed by atoms with Crippen molar-refractivity contribution in [1.82, 2.24) is 0 Å². The van der Waals surface area contributed by atoms with E-state index in [-0.39, 0.29) is 21.5 Å². The van der Waals surface area contributed by atoms with Crippen molar-refractivity contribution in [1.29, 1.82) is 0 Å². The Morgan fingerprint density at radius 2 is 0.944 bits per heavy atom. The van der Waals surface area contributed by atoms with Crippen LogP contribution in [-0.2, 0) is 0 Å². The molecule has 0 heterocycles. The number of rotatable bonds is 0. The van der Waals surface area contributed by atoms with Gasteiger partial charge in [0, 0.05) is 22.9 Å². The Hall–Kier alpha value is -2.10. The molecule has 0 spiro atoms. The Kier molecular flexibility index (Phi) is 2.26. The van der Waals surface area contributed by atoms with Crippen LogP contribution in [0.2, 0.25) is 0 Å². The molecule has 0 aliphatic rings. The van der Waals surface area contributed by atoms with Crippen LogP contribution in [0.5, 0.6) is 0 Å². The van der Waals surface area contributed by atoms with Crippen molar-refractivity contribution in [2.45, 2.75) is 0 Å². The standard InChI is InChI=1S/C14H6F4/c15-9-3-7-1-2-8-4-10(16)6-12(18)14(8)13(7)11(17)5-9/h1-6H. The van der Waals surface area contributed by atoms with E-state index in [1.807, 2.05) is 0 Å². The quantitative estimate of drug-likeness (QED) is 0.405. The molecule has 0 atom stereocenters. The van der Waals surface area contributed by atoms with Gasteiger partial charge in [0.05, 0.1) is 0 Å². The third-order valence-corrected chi connectivity index (χ3v) is 2.86. The van der Waals surface area contributed by atoms with E-state index < -0.39 is 23.3 Å². The fourth-order valence-corrected chi connectivity index (χ4v) is 2.16. The van der Waals surface area contributed by atoms with E-state index in [2.05, 4.69) is 0 Å². The topological polar surface area (TPSA) is 0 Å². The van der Waals surface area contributed by atoms with Gasteiger partial charge in [0.25, 0.3) is 0 Å². The summed E-state index contributed by atoms with van der Waals surface area (Å²) in [5.41, 5.74) is 0. The first kappa shape index (κ1) is 11.0. The number of hydrogen-bond donors (Lipinski definition) is 0. The summed E-state index contributed by atoms with van der Waals surface area (Å²) >= 11 is 0. The zero-order valence-corrected chi connectivity index (χ0v) is 8.98. The molecule has 0 N–H and O–H groups in total. The van der Waals surface area contributed by atoms with Gasteiger partial charge in [-0.1, -0.05) is 12.1 Å². The lowest BCUT2D eigenvalue weighted by molar-refractivity contribution is 0.587. The van der Waals surface area contributed by atoms with Crippen LogP contribution in [0.3, 0.4) is 0 Å². The monoisotopic (exact) mass is 250 g/mol. The fraction of sp³-hybridized carbons (Fsp3) is 0. The average molecular weight is 250 g/mol. The van der Waals surface area contributed by atoms with Crippen molar-refractivity contribution in [2.24, 2.45) is 0 Å². The van der Waals surface area contributed by atoms with Gasteiger partial charge in [0.15, 0.2) is 0 Å². The van der Waals surface area contributed by atoms with Crippen LogP contribution >= 0.6 is 0 Å². The summed E-state index contributed by atoms with van der Waals surface area (Å²) in [7, 11) is 0. The van der Waals surface area contributed by atoms with E-state index in [0.29, 0.717) is 12.1 Å². The van der Waals surface area contributed by atoms with Gasteiger partial charge in [-0.2, -0.15) is 0 Å². The summed E-state index contributed by atoms with van der Waals surface area (Å²) < 4.78 is 53.7. The SMILES string of the molecule is Fc1cc(F)c2c(ccc3cc(F)cc(F)c32)c1. The summed E-state index contributed by atoms with van der Waals surface area (Å²) in [6, 6.07) is 6.46. The van der Waals surface area contributed by atoms with E-state index in [1.165, 1.54) is 12.1 Å². The highest BCUT2D eigenvalue weighted by atomic mass is 19.1. The maximum Gasteiger partial charge on any atom is 0.134 e. The second-order valence-electron chi connectivity index (χ2n) is 4.04. The minimum absolute atomic E-state index is 0.0357. The van der Waals surface area contributed by atoms with Gasteiger partial charge in [0.2, 0.25) is 0 Å². The Bertz CT molecular complexity index is 711. The van der Waals surface area contributed by atoms with Gasteiger partial charge in [-0.25, -0.2) is 17.6 Å². The number of hydrogen-bond acceptors (Lipinski definition) is 0. The molecule has 0 amide bonds. The molecular formula is C14H6F4. The average Bonchev–Trinajstić information content (AvgIpc) is 2.28. The lowest BCUT2D eigenvalue weighted by Gasteiger charge is -2.06. The van der Waals surface area contributed by atoms with Crippen molar-refractivity contribution in [3.05, 3.63) is 59.7 Å². The molecule has 0 saturated carbocycles. The van der Waals surface area contributed by atoms with Crippen molar-refractivity contribution in [3.8, 4) is 0 Å². The summed E-state index contributed by atoms with van der Waals surface area (Å²) in [4.78, 5) is 0. The Labute approximate surface area is 99.5 Å². The van der Waals surface area contributed by atoms with Crippen LogP contribution in [0.4, 0.5) is 17.6 Å². The molecule has 90 valence electrons. The molecule has 0 bridgehead atoms. The molecular weight excluding hydrogens is 244 g/mol. The van der Waals surface area contributed by atoms with Gasteiger partial charge in [0.1, 0.15) is 23.3 Å². The van der Waals surface area contributed by atoms with Gasteiger partial charge < -0.3 is 0 Å². The second-order valence-corrected chi connectivity index (χ2v) is 4.04. The predicted molar refractivity (Wildman–Crippen MR) is 61.3 cm³/mol. The van der Waals surface area contributed by atoms with Crippen LogP contribution in [0.25, 0.3) is 21.5 Å². The molecule has 3 rings (SSSR count). The largest absolute Gasteiger partial charge is 0.207 e. The molecule has 0 aromatic heterocycles. The van der Waals surface area contributed by atoms with E-state index in [0.717, 1.165) is 12.1 Å². The molecule has 4 heteroatoms. The normalized spacial score (nSPS) is 11.3. The van der Waals surface area contributed by atoms with Gasteiger partial charge in [-0.05, 0) is 22.9 Å². The molecule has 0 fully saturated rings. The Balaban J connectivity index is 2.61. The van der Waals surface area contributed by atoms with Crippen molar-refractivity contribution < 1.29 is 17.6 Å². The summed E-state index contributed by atoms with van der Waals surface area (Å²) in [5, 5.41) is 0.411. The lowest BCUT2D eigenvalue weighted by atomic mass is 10.0. The van der Waals surface area contributed by atoms with Gasteiger partial charge in [-0.15, -0.1) is 0 Å². The molecule has 0 aliphatic heterocycles. The van der Waals surface area contributed by atoms with Crippen LogP contribution in [0, 0.1) is 23.3 Å².